The van der Waals surface area contributed by atoms with E-state index < -0.39 is 106 Å². The molecule has 17 heteroatoms. The Kier molecular flexibility index (Phi) is 38.4. The van der Waals surface area contributed by atoms with Gasteiger partial charge in [-0.15, -0.1) is 0 Å². The quantitative estimate of drug-likeness (QED) is 0.0203. The van der Waals surface area contributed by atoms with Gasteiger partial charge in [-0.2, -0.15) is 0 Å². The van der Waals surface area contributed by atoms with Crippen molar-refractivity contribution in [2.45, 2.75) is 317 Å². The third-order valence-corrected chi connectivity index (χ3v) is 16.9. The van der Waals surface area contributed by atoms with Gasteiger partial charge in [0.05, 0.1) is 49.8 Å². The molecule has 436 valence electrons. The molecule has 0 spiro atoms. The highest BCUT2D eigenvalue weighted by Gasteiger charge is 2.63. The number of phosphoric acid groups is 1. The monoisotopic (exact) mass is 1070 g/mol. The molecule has 0 amide bonds. The lowest BCUT2D eigenvalue weighted by atomic mass is 9.73. The second kappa shape index (κ2) is 40.8. The van der Waals surface area contributed by atoms with Crippen molar-refractivity contribution in [3.05, 3.63) is 0 Å². The van der Waals surface area contributed by atoms with Gasteiger partial charge in [0.2, 0.25) is 0 Å². The van der Waals surface area contributed by atoms with Crippen molar-refractivity contribution >= 4 is 7.82 Å². The molecule has 73 heavy (non-hydrogen) atoms. The van der Waals surface area contributed by atoms with Crippen molar-refractivity contribution in [2.24, 2.45) is 0 Å². The zero-order chi connectivity index (χ0) is 53.8. The van der Waals surface area contributed by atoms with E-state index in [-0.39, 0.29) is 13.2 Å². The Morgan fingerprint density at radius 3 is 0.918 bits per heavy atom. The van der Waals surface area contributed by atoms with Crippen LogP contribution in [-0.4, -0.2) is 159 Å². The van der Waals surface area contributed by atoms with Gasteiger partial charge in [0.15, 0.2) is 0 Å². The minimum atomic E-state index is -5.69. The van der Waals surface area contributed by atoms with Crippen LogP contribution in [0, 0.1) is 0 Å². The summed E-state index contributed by atoms with van der Waals surface area (Å²) in [5.74, 6) is 0. The predicted octanol–water partition coefficient (Wildman–Crippen LogP) is 9.66. The SMILES string of the molecule is CCCCCCCCCCCCCCCCCCOC[C@@H](C[C@@]1(OP(=O)(O)O[C@]2(C[C@H](COCCCCCCCCCCCCCCCCCC)OC)[C@H](O)C[C@@H](O)[C@H](O)[C@H]2O)[C@H](O)C[C@@H](O)[C@H](O)[C@H]1O)OC. The van der Waals surface area contributed by atoms with E-state index in [0.717, 1.165) is 51.4 Å². The summed E-state index contributed by atoms with van der Waals surface area (Å²) in [5.41, 5.74) is -5.02. The zero-order valence-corrected chi connectivity index (χ0v) is 47.3. The molecule has 0 aromatic rings. The lowest BCUT2D eigenvalue weighted by molar-refractivity contribution is -0.255. The number of phosphoric ester groups is 1. The maximum Gasteiger partial charge on any atom is 0.473 e. The highest BCUT2D eigenvalue weighted by atomic mass is 31.2. The number of unbranched alkanes of at least 4 members (excludes halogenated alkanes) is 30. The number of aliphatic hydroxyl groups excluding tert-OH is 8. The van der Waals surface area contributed by atoms with Crippen molar-refractivity contribution in [3.8, 4) is 0 Å². The highest BCUT2D eigenvalue weighted by Crippen LogP contribution is 2.58. The van der Waals surface area contributed by atoms with Crippen LogP contribution in [0.5, 0.6) is 0 Å². The Labute approximate surface area is 442 Å². The van der Waals surface area contributed by atoms with Crippen LogP contribution in [0.4, 0.5) is 0 Å². The fraction of sp³-hybridized carbons (Fsp3) is 1.00. The molecule has 0 radical (unpaired) electrons. The Morgan fingerprint density at radius 2 is 0.671 bits per heavy atom. The molecule has 12 atom stereocenters. The van der Waals surface area contributed by atoms with E-state index in [0.29, 0.717) is 13.2 Å². The van der Waals surface area contributed by atoms with Gasteiger partial charge in [-0.25, -0.2) is 4.57 Å². The summed E-state index contributed by atoms with van der Waals surface area (Å²) in [7, 11) is -2.99. The summed E-state index contributed by atoms with van der Waals surface area (Å²) in [6.07, 6.45) is 20.3. The first-order chi connectivity index (χ1) is 35.1. The predicted molar refractivity (Wildman–Crippen MR) is 286 cm³/mol. The summed E-state index contributed by atoms with van der Waals surface area (Å²) in [6, 6.07) is 0. The van der Waals surface area contributed by atoms with Crippen LogP contribution in [0.2, 0.25) is 0 Å². The molecule has 0 aliphatic heterocycles. The Morgan fingerprint density at radius 1 is 0.425 bits per heavy atom. The van der Waals surface area contributed by atoms with Crippen LogP contribution in [0.1, 0.15) is 245 Å². The molecule has 2 fully saturated rings. The summed E-state index contributed by atoms with van der Waals surface area (Å²) in [6.45, 7) is 5.12. The number of methoxy groups -OCH3 is 2. The van der Waals surface area contributed by atoms with E-state index in [2.05, 4.69) is 13.8 Å². The minimum absolute atomic E-state index is 0.0740. The third kappa shape index (κ3) is 26.9. The molecule has 0 aromatic heterocycles. The topological polar surface area (TPSA) is 255 Å². The maximum atomic E-state index is 14.4. The van der Waals surface area contributed by atoms with Crippen LogP contribution in [0.3, 0.4) is 0 Å². The molecule has 2 saturated carbocycles. The molecule has 2 aliphatic carbocycles. The molecule has 0 aromatic carbocycles. The largest absolute Gasteiger partial charge is 0.473 e. The molecule has 0 bridgehead atoms. The van der Waals surface area contributed by atoms with Crippen molar-refractivity contribution in [1.29, 1.82) is 0 Å². The van der Waals surface area contributed by atoms with Crippen molar-refractivity contribution < 1.29 is 78.3 Å². The smallest absolute Gasteiger partial charge is 0.390 e. The molecular formula is C56H111O16P. The zero-order valence-electron chi connectivity index (χ0n) is 46.4. The van der Waals surface area contributed by atoms with Crippen molar-refractivity contribution in [1.82, 2.24) is 0 Å². The van der Waals surface area contributed by atoms with E-state index in [4.69, 9.17) is 28.0 Å². The summed E-state index contributed by atoms with van der Waals surface area (Å²) < 4.78 is 48.9. The van der Waals surface area contributed by atoms with E-state index in [1.807, 2.05) is 0 Å². The van der Waals surface area contributed by atoms with E-state index in [1.54, 1.807) is 0 Å². The molecule has 9 N–H and O–H groups in total. The normalized spacial score (nSPS) is 27.7. The third-order valence-electron chi connectivity index (χ3n) is 15.7. The van der Waals surface area contributed by atoms with Gasteiger partial charge in [0, 0.05) is 53.1 Å². The summed E-state index contributed by atoms with van der Waals surface area (Å²) in [5, 5.41) is 88.7. The first kappa shape index (κ1) is 68.7. The lowest BCUT2D eigenvalue weighted by Gasteiger charge is -2.52. The highest BCUT2D eigenvalue weighted by molar-refractivity contribution is 7.47. The second-order valence-corrected chi connectivity index (χ2v) is 23.3. The molecular weight excluding hydrogens is 960 g/mol. The number of ether oxygens (including phenoxy) is 4. The van der Waals surface area contributed by atoms with Gasteiger partial charge >= 0.3 is 7.82 Å². The van der Waals surface area contributed by atoms with Crippen LogP contribution >= 0.6 is 7.82 Å². The molecule has 0 unspecified atom stereocenters. The van der Waals surface area contributed by atoms with Crippen molar-refractivity contribution in [2.75, 3.05) is 40.6 Å². The summed E-state index contributed by atoms with van der Waals surface area (Å²) >= 11 is 0. The molecule has 0 saturated heterocycles. The number of hydrogen-bond donors (Lipinski definition) is 9. The standard InChI is InChI=1S/C56H111O16P/c1-5-7-9-11-13-15-17-19-21-23-25-27-29-31-33-35-37-69-43-45(67-3)41-55(49(59)39-47(57)51(61)53(55)63)71-73(65,66)72-56(50(60)40-48(58)52(62)54(56)64)42-46(68-4)44-70-38-36-34-32-30-28-26-24-22-20-18-16-14-12-10-8-6-2/h45-54,57-64H,5-44H2,1-4H3,(H,65,66)/t45-,46-,47-,48-,49-,50-,51+,52+,53-,54-,55-,56-/m1/s1. The number of rotatable bonds is 48. The Bertz CT molecular complexity index is 1260. The molecule has 0 heterocycles. The molecule has 2 aliphatic rings. The van der Waals surface area contributed by atoms with Gasteiger partial charge in [-0.1, -0.05) is 206 Å². The fourth-order valence-electron chi connectivity index (χ4n) is 10.9. The van der Waals surface area contributed by atoms with E-state index in [9.17, 15) is 50.3 Å². The van der Waals surface area contributed by atoms with Gasteiger partial charge in [0.25, 0.3) is 0 Å². The van der Waals surface area contributed by atoms with E-state index in [1.165, 1.54) is 168 Å². The average molecular weight is 1070 g/mol. The number of hydrogen-bond acceptors (Lipinski definition) is 15. The van der Waals surface area contributed by atoms with Crippen LogP contribution < -0.4 is 0 Å². The first-order valence-corrected chi connectivity index (χ1v) is 31.0. The fourth-order valence-corrected chi connectivity index (χ4v) is 12.4. The Balaban J connectivity index is 1.93. The van der Waals surface area contributed by atoms with Gasteiger partial charge in [-0.3, -0.25) is 9.05 Å². The first-order valence-electron chi connectivity index (χ1n) is 29.5. The Hall–Kier alpha value is -0.370. The molecule has 16 nitrogen and oxygen atoms in total. The number of aliphatic hydroxyl groups is 8. The second-order valence-electron chi connectivity index (χ2n) is 21.9. The van der Waals surface area contributed by atoms with Gasteiger partial charge in [-0.05, 0) is 12.8 Å². The minimum Gasteiger partial charge on any atom is -0.390 e. The van der Waals surface area contributed by atoms with E-state index >= 15 is 0 Å². The van der Waals surface area contributed by atoms with Gasteiger partial charge in [0.1, 0.15) is 35.6 Å². The van der Waals surface area contributed by atoms with Crippen LogP contribution in [-0.2, 0) is 32.6 Å². The summed E-state index contributed by atoms with van der Waals surface area (Å²) in [4.78, 5) is 11.6. The maximum absolute atomic E-state index is 14.4. The van der Waals surface area contributed by atoms with Gasteiger partial charge < -0.3 is 64.7 Å². The lowest BCUT2D eigenvalue weighted by Crippen LogP contribution is -2.68. The van der Waals surface area contributed by atoms with Crippen molar-refractivity contribution in [3.63, 3.8) is 0 Å². The average Bonchev–Trinajstić information content (AvgIpc) is 3.36. The van der Waals surface area contributed by atoms with Crippen LogP contribution in [0.15, 0.2) is 0 Å². The van der Waals surface area contributed by atoms with Crippen LogP contribution in [0.25, 0.3) is 0 Å². The molecule has 2 rings (SSSR count).